The highest BCUT2D eigenvalue weighted by atomic mass is 35.8. The zero-order chi connectivity index (χ0) is 8.65. The van der Waals surface area contributed by atoms with Gasteiger partial charge in [-0.15, -0.1) is 33.2 Å². The molecule has 0 unspecified atom stereocenters. The van der Waals surface area contributed by atoms with Crippen LogP contribution in [-0.4, -0.2) is 15.5 Å². The van der Waals surface area contributed by atoms with E-state index < -0.39 is 6.00 Å². The maximum atomic E-state index is 5.89. The summed E-state index contributed by atoms with van der Waals surface area (Å²) in [7, 11) is 0.595. The van der Waals surface area contributed by atoms with Crippen LogP contribution in [0.15, 0.2) is 21.7 Å². The van der Waals surface area contributed by atoms with Gasteiger partial charge in [0.2, 0.25) is 0 Å². The molecule has 0 nitrogen and oxygen atoms in total. The second kappa shape index (κ2) is 3.26. The summed E-state index contributed by atoms with van der Waals surface area (Å²) in [6.07, 6.45) is 0. The molecule has 60 valence electrons. The second-order valence-electron chi connectivity index (χ2n) is 2.47. The van der Waals surface area contributed by atoms with Crippen LogP contribution in [0, 0.1) is 0 Å². The van der Waals surface area contributed by atoms with Gasteiger partial charge >= 0.3 is 6.00 Å². The van der Waals surface area contributed by atoms with Gasteiger partial charge in [0.1, 0.15) is 9.52 Å². The van der Waals surface area contributed by atoms with E-state index in [-0.39, 0.29) is 0 Å². The van der Waals surface area contributed by atoms with Crippen molar-refractivity contribution in [1.82, 2.24) is 0 Å². The van der Waals surface area contributed by atoms with Crippen molar-refractivity contribution in [2.45, 2.75) is 13.8 Å². The molecule has 0 spiro atoms. The maximum absolute atomic E-state index is 5.89. The Morgan fingerprint density at radius 3 is 2.00 bits per heavy atom. The third kappa shape index (κ3) is 2.13. The van der Waals surface area contributed by atoms with E-state index in [1.54, 1.807) is 0 Å². The van der Waals surface area contributed by atoms with Gasteiger partial charge in [-0.2, -0.15) is 0 Å². The molecule has 0 amide bonds. The molecule has 2 radical (unpaired) electrons. The lowest BCUT2D eigenvalue weighted by atomic mass is 10.2. The van der Waals surface area contributed by atoms with Crippen molar-refractivity contribution in [3.8, 4) is 0 Å². The molecule has 0 atom stereocenters. The van der Waals surface area contributed by atoms with Crippen molar-refractivity contribution in [3.05, 3.63) is 21.7 Å². The van der Waals surface area contributed by atoms with Crippen LogP contribution in [0.3, 0.4) is 0 Å². The second-order valence-corrected chi connectivity index (χ2v) is 12.4. The highest BCUT2D eigenvalue weighted by Crippen LogP contribution is 2.35. The summed E-state index contributed by atoms with van der Waals surface area (Å²) >= 11 is 17.7. The van der Waals surface area contributed by atoms with Crippen molar-refractivity contribution < 1.29 is 0 Å². The summed E-state index contributed by atoms with van der Waals surface area (Å²) in [5.41, 5.74) is 4.59. The van der Waals surface area contributed by atoms with Crippen LogP contribution >= 0.6 is 33.2 Å². The molecular formula is C6H7Cl3Si2. The third-order valence-electron chi connectivity index (χ3n) is 1.68. The summed E-state index contributed by atoms with van der Waals surface area (Å²) in [5, 5.41) is 0. The Hall–Kier alpha value is 0.784. The first kappa shape index (κ1) is 9.87. The molecule has 1 aliphatic rings. The number of hydrogen-bond donors (Lipinski definition) is 0. The SMILES string of the molecule is CC1=C[Si]C([Si](Cl)(Cl)Cl)=C1C. The number of halogens is 3. The van der Waals surface area contributed by atoms with Crippen molar-refractivity contribution in [1.29, 1.82) is 0 Å². The average molecular weight is 242 g/mol. The molecule has 0 aliphatic carbocycles. The maximum Gasteiger partial charge on any atom is 0.365 e. The van der Waals surface area contributed by atoms with Crippen LogP contribution in [-0.2, 0) is 0 Å². The van der Waals surface area contributed by atoms with Crippen LogP contribution in [0.1, 0.15) is 13.8 Å². The molecule has 0 saturated carbocycles. The van der Waals surface area contributed by atoms with Crippen LogP contribution in [0.2, 0.25) is 0 Å². The quantitative estimate of drug-likeness (QED) is 0.489. The molecule has 0 fully saturated rings. The van der Waals surface area contributed by atoms with E-state index in [1.165, 1.54) is 11.1 Å². The van der Waals surface area contributed by atoms with Gasteiger partial charge < -0.3 is 0 Å². The fraction of sp³-hybridized carbons (Fsp3) is 0.333. The standard InChI is InChI=1S/C6H7Cl3Si2/c1-4-3-10-6(5(4)2)11(7,8)9/h3H,1-2H3. The molecule has 11 heavy (non-hydrogen) atoms. The van der Waals surface area contributed by atoms with E-state index >= 15 is 0 Å². The lowest BCUT2D eigenvalue weighted by Gasteiger charge is -2.10. The lowest BCUT2D eigenvalue weighted by molar-refractivity contribution is 1.38. The highest BCUT2D eigenvalue weighted by molar-refractivity contribution is 7.69. The fourth-order valence-electron chi connectivity index (χ4n) is 0.889. The van der Waals surface area contributed by atoms with Crippen LogP contribution < -0.4 is 0 Å². The van der Waals surface area contributed by atoms with E-state index in [0.29, 0.717) is 9.52 Å². The van der Waals surface area contributed by atoms with Gasteiger partial charge in [0.25, 0.3) is 0 Å². The smallest absolute Gasteiger partial charge is 0.122 e. The Kier molecular flexibility index (Phi) is 2.93. The fourth-order valence-corrected chi connectivity index (χ4v) is 6.12. The van der Waals surface area contributed by atoms with E-state index in [0.717, 1.165) is 4.82 Å². The number of rotatable bonds is 1. The predicted octanol–water partition coefficient (Wildman–Crippen LogP) is 3.08. The Morgan fingerprint density at radius 1 is 1.27 bits per heavy atom. The number of allylic oxidation sites excluding steroid dienone is 2. The molecular weight excluding hydrogens is 235 g/mol. The van der Waals surface area contributed by atoms with E-state index in [9.17, 15) is 0 Å². The summed E-state index contributed by atoms with van der Waals surface area (Å²) in [4.78, 5) is 1.07. The van der Waals surface area contributed by atoms with Gasteiger partial charge in [-0.25, -0.2) is 0 Å². The van der Waals surface area contributed by atoms with E-state index in [1.807, 2.05) is 6.92 Å². The first-order chi connectivity index (χ1) is 4.93. The minimum absolute atomic E-state index is 0.595. The van der Waals surface area contributed by atoms with Gasteiger partial charge in [0.15, 0.2) is 0 Å². The molecule has 0 aromatic rings. The van der Waals surface area contributed by atoms with Crippen LogP contribution in [0.4, 0.5) is 0 Å². The van der Waals surface area contributed by atoms with E-state index in [4.69, 9.17) is 33.2 Å². The Morgan fingerprint density at radius 2 is 1.82 bits per heavy atom. The molecule has 0 aromatic carbocycles. The van der Waals surface area contributed by atoms with E-state index in [2.05, 4.69) is 12.6 Å². The Bertz CT molecular complexity index is 237. The average Bonchev–Trinajstić information content (AvgIpc) is 2.11. The zero-order valence-electron chi connectivity index (χ0n) is 6.21. The summed E-state index contributed by atoms with van der Waals surface area (Å²) < 4.78 is 0. The molecule has 1 heterocycles. The monoisotopic (exact) mass is 240 g/mol. The lowest BCUT2D eigenvalue weighted by Crippen LogP contribution is -2.18. The molecule has 0 N–H and O–H groups in total. The summed E-state index contributed by atoms with van der Waals surface area (Å²) in [6.45, 7) is 4.08. The first-order valence-electron chi connectivity index (χ1n) is 3.14. The number of hydrogen-bond acceptors (Lipinski definition) is 0. The van der Waals surface area contributed by atoms with Gasteiger partial charge in [-0.3, -0.25) is 0 Å². The van der Waals surface area contributed by atoms with Gasteiger partial charge in [0.05, 0.1) is 0 Å². The molecule has 5 heteroatoms. The van der Waals surface area contributed by atoms with Crippen molar-refractivity contribution in [2.24, 2.45) is 0 Å². The minimum atomic E-state index is -2.57. The predicted molar refractivity (Wildman–Crippen MR) is 55.5 cm³/mol. The summed E-state index contributed by atoms with van der Waals surface area (Å²) in [5.74, 6) is 0. The largest absolute Gasteiger partial charge is 0.365 e. The Labute approximate surface area is 84.2 Å². The van der Waals surface area contributed by atoms with Crippen molar-refractivity contribution in [2.75, 3.05) is 0 Å². The molecule has 0 bridgehead atoms. The zero-order valence-corrected chi connectivity index (χ0v) is 10.5. The first-order valence-corrected chi connectivity index (χ1v) is 9.26. The third-order valence-corrected chi connectivity index (χ3v) is 8.55. The molecule has 1 aliphatic heterocycles. The normalized spacial score (nSPS) is 19.2. The van der Waals surface area contributed by atoms with Gasteiger partial charge in [0, 0.05) is 0 Å². The molecule has 0 saturated heterocycles. The molecule has 0 aromatic heterocycles. The van der Waals surface area contributed by atoms with Gasteiger partial charge in [-0.1, -0.05) is 16.8 Å². The topological polar surface area (TPSA) is 0 Å². The van der Waals surface area contributed by atoms with Gasteiger partial charge in [-0.05, 0) is 18.7 Å². The minimum Gasteiger partial charge on any atom is -0.122 e. The summed E-state index contributed by atoms with van der Waals surface area (Å²) in [6, 6.07) is -2.57. The van der Waals surface area contributed by atoms with Crippen molar-refractivity contribution >= 4 is 48.8 Å². The van der Waals surface area contributed by atoms with Crippen LogP contribution in [0.5, 0.6) is 0 Å². The molecule has 1 rings (SSSR count). The highest BCUT2D eigenvalue weighted by Gasteiger charge is 2.34. The Balaban J connectivity index is 2.95. The van der Waals surface area contributed by atoms with Crippen LogP contribution in [0.25, 0.3) is 0 Å². The van der Waals surface area contributed by atoms with Crippen molar-refractivity contribution in [3.63, 3.8) is 0 Å².